The van der Waals surface area contributed by atoms with E-state index in [9.17, 15) is 17.6 Å². The number of halogens is 1. The van der Waals surface area contributed by atoms with Gasteiger partial charge in [0.25, 0.3) is 15.9 Å². The number of benzene rings is 3. The first-order chi connectivity index (χ1) is 16.3. The number of hydrazone groups is 1. The second-order valence-electron chi connectivity index (χ2n) is 7.10. The Bertz CT molecular complexity index is 1280. The molecule has 3 aromatic carbocycles. The Morgan fingerprint density at radius 1 is 0.971 bits per heavy atom. The van der Waals surface area contributed by atoms with E-state index in [0.717, 1.165) is 22.0 Å². The highest BCUT2D eigenvalue weighted by molar-refractivity contribution is 7.92. The Hall–Kier alpha value is -3.92. The van der Waals surface area contributed by atoms with Crippen LogP contribution in [0.2, 0.25) is 0 Å². The van der Waals surface area contributed by atoms with Crippen LogP contribution in [0.25, 0.3) is 0 Å². The zero-order valence-corrected chi connectivity index (χ0v) is 19.7. The number of ether oxygens (including phenoxy) is 2. The molecule has 0 fully saturated rings. The molecule has 10 heteroatoms. The standard InChI is InChI=1S/C24H24FN3O5S/c1-17(18-7-5-4-6-8-18)26-27-24(29)16-28(20-11-9-19(25)10-12-20)34(30,31)21-13-14-22(32-2)23(15-21)33-3/h4-15H,16H2,1-3H3,(H,27,29)/b26-17-. The summed E-state index contributed by atoms with van der Waals surface area (Å²) in [7, 11) is -1.43. The fourth-order valence-electron chi connectivity index (χ4n) is 3.08. The van der Waals surface area contributed by atoms with Crippen molar-refractivity contribution >= 4 is 27.3 Å². The molecule has 178 valence electrons. The number of nitrogens with zero attached hydrogens (tertiary/aromatic N) is 2. The van der Waals surface area contributed by atoms with E-state index in [1.807, 2.05) is 30.3 Å². The molecule has 0 saturated heterocycles. The number of anilines is 1. The average Bonchev–Trinajstić information content (AvgIpc) is 2.86. The number of nitrogens with one attached hydrogen (secondary N) is 1. The summed E-state index contributed by atoms with van der Waals surface area (Å²) < 4.78 is 51.7. The first-order valence-electron chi connectivity index (χ1n) is 10.1. The quantitative estimate of drug-likeness (QED) is 0.369. The highest BCUT2D eigenvalue weighted by atomic mass is 32.2. The van der Waals surface area contributed by atoms with Gasteiger partial charge in [-0.05, 0) is 48.9 Å². The van der Waals surface area contributed by atoms with E-state index in [-0.39, 0.29) is 16.3 Å². The van der Waals surface area contributed by atoms with Gasteiger partial charge in [-0.25, -0.2) is 18.2 Å². The molecular weight excluding hydrogens is 461 g/mol. The maximum atomic E-state index is 13.5. The molecule has 8 nitrogen and oxygen atoms in total. The third-order valence-corrected chi connectivity index (χ3v) is 6.65. The molecule has 34 heavy (non-hydrogen) atoms. The molecule has 0 aliphatic carbocycles. The first-order valence-corrected chi connectivity index (χ1v) is 11.6. The van der Waals surface area contributed by atoms with Crippen LogP contribution in [-0.4, -0.2) is 40.8 Å². The van der Waals surface area contributed by atoms with Crippen molar-refractivity contribution in [3.05, 3.63) is 84.2 Å². The van der Waals surface area contributed by atoms with Crippen molar-refractivity contribution in [2.24, 2.45) is 5.10 Å². The highest BCUT2D eigenvalue weighted by Gasteiger charge is 2.28. The number of rotatable bonds is 9. The predicted octanol–water partition coefficient (Wildman–Crippen LogP) is 3.58. The van der Waals surface area contributed by atoms with Gasteiger partial charge < -0.3 is 9.47 Å². The molecule has 1 amide bonds. The molecule has 0 heterocycles. The zero-order valence-electron chi connectivity index (χ0n) is 18.9. The number of methoxy groups -OCH3 is 2. The minimum atomic E-state index is -4.24. The Morgan fingerprint density at radius 2 is 1.62 bits per heavy atom. The third kappa shape index (κ3) is 5.70. The molecule has 0 atom stereocenters. The molecule has 0 bridgehead atoms. The molecule has 0 aliphatic heterocycles. The largest absolute Gasteiger partial charge is 0.493 e. The lowest BCUT2D eigenvalue weighted by atomic mass is 10.1. The van der Waals surface area contributed by atoms with Crippen molar-refractivity contribution < 1.29 is 27.1 Å². The summed E-state index contributed by atoms with van der Waals surface area (Å²) in [6.45, 7) is 1.13. The molecule has 0 saturated carbocycles. The van der Waals surface area contributed by atoms with E-state index in [2.05, 4.69) is 10.5 Å². The van der Waals surface area contributed by atoms with Gasteiger partial charge in [0.1, 0.15) is 12.4 Å². The first kappa shape index (κ1) is 24.7. The van der Waals surface area contributed by atoms with Crippen molar-refractivity contribution in [3.63, 3.8) is 0 Å². The van der Waals surface area contributed by atoms with E-state index in [4.69, 9.17) is 9.47 Å². The van der Waals surface area contributed by atoms with Gasteiger partial charge in [0, 0.05) is 6.07 Å². The SMILES string of the molecule is COc1ccc(S(=O)(=O)N(CC(=O)N/N=C(/C)c2ccccc2)c2ccc(F)cc2)cc1OC. The maximum Gasteiger partial charge on any atom is 0.264 e. The molecule has 0 radical (unpaired) electrons. The van der Waals surface area contributed by atoms with E-state index >= 15 is 0 Å². The lowest BCUT2D eigenvalue weighted by Gasteiger charge is -2.24. The lowest BCUT2D eigenvalue weighted by molar-refractivity contribution is -0.119. The molecule has 0 spiro atoms. The van der Waals surface area contributed by atoms with Gasteiger partial charge in [-0.2, -0.15) is 5.10 Å². The third-order valence-electron chi connectivity index (χ3n) is 4.88. The van der Waals surface area contributed by atoms with Crippen molar-refractivity contribution in [3.8, 4) is 11.5 Å². The molecule has 0 unspecified atom stereocenters. The van der Waals surface area contributed by atoms with Crippen molar-refractivity contribution in [2.45, 2.75) is 11.8 Å². The normalized spacial score (nSPS) is 11.6. The van der Waals surface area contributed by atoms with Gasteiger partial charge in [-0.15, -0.1) is 0 Å². The van der Waals surface area contributed by atoms with Crippen molar-refractivity contribution in [2.75, 3.05) is 25.1 Å². The van der Waals surface area contributed by atoms with Crippen molar-refractivity contribution in [1.29, 1.82) is 0 Å². The number of sulfonamides is 1. The van der Waals surface area contributed by atoms with Gasteiger partial charge >= 0.3 is 0 Å². The minimum absolute atomic E-state index is 0.107. The van der Waals surface area contributed by atoms with Crippen LogP contribution in [0.15, 0.2) is 82.8 Å². The predicted molar refractivity (Wildman–Crippen MR) is 127 cm³/mol. The Labute approximate surface area is 197 Å². The van der Waals surface area contributed by atoms with Crippen LogP contribution >= 0.6 is 0 Å². The monoisotopic (exact) mass is 485 g/mol. The smallest absolute Gasteiger partial charge is 0.264 e. The molecular formula is C24H24FN3O5S. The van der Waals surface area contributed by atoms with Crippen LogP contribution < -0.4 is 19.2 Å². The topological polar surface area (TPSA) is 97.3 Å². The molecule has 0 aliphatic rings. The summed E-state index contributed by atoms with van der Waals surface area (Å²) in [6, 6.07) is 18.0. The Balaban J connectivity index is 1.93. The summed E-state index contributed by atoms with van der Waals surface area (Å²) in [5, 5.41) is 4.06. The van der Waals surface area contributed by atoms with Crippen LogP contribution in [-0.2, 0) is 14.8 Å². The minimum Gasteiger partial charge on any atom is -0.493 e. The fraction of sp³-hybridized carbons (Fsp3) is 0.167. The van der Waals surface area contributed by atoms with Gasteiger partial charge in [0.15, 0.2) is 11.5 Å². The number of hydrogen-bond acceptors (Lipinski definition) is 6. The average molecular weight is 486 g/mol. The number of amides is 1. The summed E-state index contributed by atoms with van der Waals surface area (Å²) in [4.78, 5) is 12.6. The van der Waals surface area contributed by atoms with E-state index in [1.54, 1.807) is 6.92 Å². The van der Waals surface area contributed by atoms with E-state index < -0.39 is 28.3 Å². The van der Waals surface area contributed by atoms with Gasteiger partial charge in [0.05, 0.1) is 30.5 Å². The van der Waals surface area contributed by atoms with Crippen LogP contribution in [0.3, 0.4) is 0 Å². The second-order valence-corrected chi connectivity index (χ2v) is 8.97. The molecule has 1 N–H and O–H groups in total. The molecule has 3 rings (SSSR count). The van der Waals surface area contributed by atoms with E-state index in [0.29, 0.717) is 11.5 Å². The van der Waals surface area contributed by atoms with Gasteiger partial charge in [0.2, 0.25) is 0 Å². The second kappa shape index (κ2) is 10.8. The van der Waals surface area contributed by atoms with Gasteiger partial charge in [-0.1, -0.05) is 30.3 Å². The Morgan fingerprint density at radius 3 is 2.24 bits per heavy atom. The van der Waals surface area contributed by atoms with Gasteiger partial charge in [-0.3, -0.25) is 9.10 Å². The number of hydrogen-bond donors (Lipinski definition) is 1. The number of carbonyl (C=O) groups is 1. The summed E-state index contributed by atoms with van der Waals surface area (Å²) in [5.74, 6) is -0.670. The van der Waals surface area contributed by atoms with Crippen LogP contribution in [0, 0.1) is 5.82 Å². The van der Waals surface area contributed by atoms with Crippen LogP contribution in [0.1, 0.15) is 12.5 Å². The van der Waals surface area contributed by atoms with E-state index in [1.165, 1.54) is 44.6 Å². The fourth-order valence-corrected chi connectivity index (χ4v) is 4.52. The van der Waals surface area contributed by atoms with Crippen molar-refractivity contribution in [1.82, 2.24) is 5.43 Å². The highest BCUT2D eigenvalue weighted by Crippen LogP contribution is 2.32. The summed E-state index contributed by atoms with van der Waals surface area (Å²) >= 11 is 0. The van der Waals surface area contributed by atoms with Crippen LogP contribution in [0.4, 0.5) is 10.1 Å². The summed E-state index contributed by atoms with van der Waals surface area (Å²) in [5.41, 5.74) is 3.84. The molecule has 0 aromatic heterocycles. The number of carbonyl (C=O) groups excluding carboxylic acids is 1. The molecule has 3 aromatic rings. The maximum absolute atomic E-state index is 13.5. The Kier molecular flexibility index (Phi) is 7.85. The zero-order chi connectivity index (χ0) is 24.7. The van der Waals surface area contributed by atoms with Crippen LogP contribution in [0.5, 0.6) is 11.5 Å². The summed E-state index contributed by atoms with van der Waals surface area (Å²) in [6.07, 6.45) is 0. The lowest BCUT2D eigenvalue weighted by Crippen LogP contribution is -2.39.